The van der Waals surface area contributed by atoms with Gasteiger partial charge in [-0.25, -0.2) is 0 Å². The molecule has 0 aromatic rings. The Hall–Kier alpha value is -0.900. The first kappa shape index (κ1) is 20.1. The van der Waals surface area contributed by atoms with E-state index in [4.69, 9.17) is 9.84 Å². The first-order chi connectivity index (χ1) is 10.6. The molecule has 1 heterocycles. The molecule has 0 spiro atoms. The largest absolute Gasteiger partial charge is 0.394 e. The molecule has 0 bridgehead atoms. The van der Waals surface area contributed by atoms with Crippen molar-refractivity contribution in [2.75, 3.05) is 6.61 Å². The van der Waals surface area contributed by atoms with Crippen molar-refractivity contribution in [1.29, 1.82) is 0 Å². The Morgan fingerprint density at radius 3 is 2.57 bits per heavy atom. The first-order valence-electron chi connectivity index (χ1n) is 7.63. The van der Waals surface area contributed by atoms with Crippen LogP contribution in [0.3, 0.4) is 0 Å². The van der Waals surface area contributed by atoms with Crippen molar-refractivity contribution >= 4 is 12.1 Å². The number of ketones is 1. The van der Waals surface area contributed by atoms with E-state index in [-0.39, 0.29) is 25.0 Å². The van der Waals surface area contributed by atoms with E-state index >= 15 is 0 Å². The summed E-state index contributed by atoms with van der Waals surface area (Å²) >= 11 is 0. The van der Waals surface area contributed by atoms with E-state index in [2.05, 4.69) is 0 Å². The van der Waals surface area contributed by atoms with E-state index in [0.717, 1.165) is 0 Å². The fourth-order valence-corrected chi connectivity index (χ4v) is 2.84. The zero-order valence-corrected chi connectivity index (χ0v) is 13.3. The zero-order valence-electron chi connectivity index (χ0n) is 13.3. The van der Waals surface area contributed by atoms with E-state index in [9.17, 15) is 30.0 Å². The highest BCUT2D eigenvalue weighted by Gasteiger charge is 2.47. The SMILES string of the molecule is CC(C=O)CC(=O)CC1C(O)CC(C)(O)OC1C(O)C(O)CO. The molecule has 1 aliphatic heterocycles. The molecule has 0 aromatic heterocycles. The number of rotatable bonds is 8. The quantitative estimate of drug-likeness (QED) is 0.332. The Morgan fingerprint density at radius 2 is 2.04 bits per heavy atom. The van der Waals surface area contributed by atoms with Gasteiger partial charge >= 0.3 is 0 Å². The number of hydrogen-bond donors (Lipinski definition) is 5. The maximum Gasteiger partial charge on any atom is 0.165 e. The fraction of sp³-hybridized carbons (Fsp3) is 0.867. The minimum absolute atomic E-state index is 0.00547. The summed E-state index contributed by atoms with van der Waals surface area (Å²) in [7, 11) is 0. The minimum Gasteiger partial charge on any atom is -0.394 e. The van der Waals surface area contributed by atoms with Crippen LogP contribution in [0.15, 0.2) is 0 Å². The Bertz CT molecular complexity index is 410. The summed E-state index contributed by atoms with van der Waals surface area (Å²) in [5.41, 5.74) is 0. The van der Waals surface area contributed by atoms with Crippen LogP contribution in [0.25, 0.3) is 0 Å². The Morgan fingerprint density at radius 1 is 1.43 bits per heavy atom. The standard InChI is InChI=1S/C15H26O8/c1-8(6-16)3-9(18)4-10-11(19)5-15(2,22)23-14(10)13(21)12(20)7-17/h6,8,10-14,17,19-22H,3-5,7H2,1-2H3. The molecule has 134 valence electrons. The lowest BCUT2D eigenvalue weighted by molar-refractivity contribution is -0.303. The molecule has 0 saturated carbocycles. The molecular weight excluding hydrogens is 308 g/mol. The van der Waals surface area contributed by atoms with Crippen LogP contribution in [-0.4, -0.2) is 74.4 Å². The summed E-state index contributed by atoms with van der Waals surface area (Å²) in [6, 6.07) is 0. The predicted molar refractivity (Wildman–Crippen MR) is 78.2 cm³/mol. The lowest BCUT2D eigenvalue weighted by atomic mass is 9.80. The number of ether oxygens (including phenoxy) is 1. The highest BCUT2D eigenvalue weighted by atomic mass is 16.6. The van der Waals surface area contributed by atoms with Gasteiger partial charge in [0.05, 0.1) is 18.8 Å². The van der Waals surface area contributed by atoms with E-state index in [1.807, 2.05) is 0 Å². The third-order valence-electron chi connectivity index (χ3n) is 4.06. The van der Waals surface area contributed by atoms with Crippen LogP contribution in [-0.2, 0) is 14.3 Å². The normalized spacial score (nSPS) is 35.3. The second-order valence-corrected chi connectivity index (χ2v) is 6.49. The molecule has 1 saturated heterocycles. The smallest absolute Gasteiger partial charge is 0.165 e. The Labute approximate surface area is 134 Å². The topological polar surface area (TPSA) is 145 Å². The predicted octanol–water partition coefficient (Wildman–Crippen LogP) is -1.64. The molecule has 8 nitrogen and oxygen atoms in total. The number of carbonyl (C=O) groups excluding carboxylic acids is 2. The second kappa shape index (κ2) is 8.27. The van der Waals surface area contributed by atoms with Crippen molar-refractivity contribution in [3.8, 4) is 0 Å². The Kier molecular flexibility index (Phi) is 7.25. The highest BCUT2D eigenvalue weighted by Crippen LogP contribution is 2.35. The van der Waals surface area contributed by atoms with Gasteiger partial charge in [0, 0.05) is 31.1 Å². The number of aliphatic hydroxyl groups is 5. The van der Waals surface area contributed by atoms with E-state index in [0.29, 0.717) is 6.29 Å². The third kappa shape index (κ3) is 5.59. The molecule has 5 N–H and O–H groups in total. The van der Waals surface area contributed by atoms with Crippen LogP contribution in [0, 0.1) is 11.8 Å². The van der Waals surface area contributed by atoms with Gasteiger partial charge < -0.3 is 35.1 Å². The lowest BCUT2D eigenvalue weighted by Gasteiger charge is -2.45. The van der Waals surface area contributed by atoms with E-state index in [1.54, 1.807) is 6.92 Å². The third-order valence-corrected chi connectivity index (χ3v) is 4.06. The molecule has 1 aliphatic rings. The van der Waals surface area contributed by atoms with E-state index < -0.39 is 48.6 Å². The summed E-state index contributed by atoms with van der Waals surface area (Å²) in [5, 5.41) is 48.8. The van der Waals surface area contributed by atoms with Crippen molar-refractivity contribution in [3.63, 3.8) is 0 Å². The van der Waals surface area contributed by atoms with Gasteiger partial charge in [0.15, 0.2) is 5.79 Å². The maximum absolute atomic E-state index is 12.0. The molecule has 0 aliphatic carbocycles. The summed E-state index contributed by atoms with van der Waals surface area (Å²) in [5.74, 6) is -3.35. The number of aliphatic hydroxyl groups excluding tert-OH is 4. The summed E-state index contributed by atoms with van der Waals surface area (Å²) < 4.78 is 5.33. The van der Waals surface area contributed by atoms with Crippen LogP contribution in [0.2, 0.25) is 0 Å². The van der Waals surface area contributed by atoms with Gasteiger partial charge in [0.25, 0.3) is 0 Å². The van der Waals surface area contributed by atoms with E-state index in [1.165, 1.54) is 6.92 Å². The van der Waals surface area contributed by atoms with Crippen LogP contribution in [0.4, 0.5) is 0 Å². The number of carbonyl (C=O) groups is 2. The number of Topliss-reactive ketones (excluding diaryl/α,β-unsaturated/α-hetero) is 1. The van der Waals surface area contributed by atoms with Crippen LogP contribution >= 0.6 is 0 Å². The molecule has 8 heteroatoms. The van der Waals surface area contributed by atoms with Crippen molar-refractivity contribution < 1.29 is 39.9 Å². The highest BCUT2D eigenvalue weighted by molar-refractivity contribution is 5.81. The van der Waals surface area contributed by atoms with Gasteiger partial charge in [-0.1, -0.05) is 6.92 Å². The number of hydrogen-bond acceptors (Lipinski definition) is 8. The van der Waals surface area contributed by atoms with Crippen molar-refractivity contribution in [2.45, 2.75) is 63.3 Å². The van der Waals surface area contributed by atoms with Crippen LogP contribution in [0.1, 0.15) is 33.1 Å². The van der Waals surface area contributed by atoms with Crippen molar-refractivity contribution in [3.05, 3.63) is 0 Å². The summed E-state index contributed by atoms with van der Waals surface area (Å²) in [6.45, 7) is 2.15. The van der Waals surface area contributed by atoms with Gasteiger partial charge in [0.1, 0.15) is 24.3 Å². The molecule has 7 unspecified atom stereocenters. The summed E-state index contributed by atoms with van der Waals surface area (Å²) in [4.78, 5) is 22.6. The van der Waals surface area contributed by atoms with Crippen molar-refractivity contribution in [1.82, 2.24) is 0 Å². The van der Waals surface area contributed by atoms with Gasteiger partial charge in [-0.2, -0.15) is 0 Å². The number of aldehydes is 1. The average Bonchev–Trinajstić information content (AvgIpc) is 2.47. The molecular formula is C15H26O8. The molecule has 23 heavy (non-hydrogen) atoms. The first-order valence-corrected chi connectivity index (χ1v) is 7.63. The van der Waals surface area contributed by atoms with Gasteiger partial charge in [-0.05, 0) is 6.92 Å². The fourth-order valence-electron chi connectivity index (χ4n) is 2.84. The maximum atomic E-state index is 12.0. The molecule has 0 radical (unpaired) electrons. The van der Waals surface area contributed by atoms with Crippen LogP contribution < -0.4 is 0 Å². The lowest BCUT2D eigenvalue weighted by Crippen LogP contribution is -2.57. The molecule has 7 atom stereocenters. The average molecular weight is 334 g/mol. The minimum atomic E-state index is -1.73. The van der Waals surface area contributed by atoms with Crippen molar-refractivity contribution in [2.24, 2.45) is 11.8 Å². The van der Waals surface area contributed by atoms with Gasteiger partial charge in [0.2, 0.25) is 0 Å². The van der Waals surface area contributed by atoms with Crippen LogP contribution in [0.5, 0.6) is 0 Å². The molecule has 1 rings (SSSR count). The molecule has 1 fully saturated rings. The second-order valence-electron chi connectivity index (χ2n) is 6.49. The molecule has 0 amide bonds. The molecule has 0 aromatic carbocycles. The monoisotopic (exact) mass is 334 g/mol. The van der Waals surface area contributed by atoms with Gasteiger partial charge in [-0.3, -0.25) is 4.79 Å². The summed E-state index contributed by atoms with van der Waals surface area (Å²) in [6.07, 6.45) is -5.17. The zero-order chi connectivity index (χ0) is 17.8. The Balaban J connectivity index is 2.90. The van der Waals surface area contributed by atoms with Gasteiger partial charge in [-0.15, -0.1) is 0 Å².